The second kappa shape index (κ2) is 10.8. The summed E-state index contributed by atoms with van der Waals surface area (Å²) >= 11 is 3.35. The zero-order valence-corrected chi connectivity index (χ0v) is 21.4. The van der Waals surface area contributed by atoms with Crippen LogP contribution in [0.15, 0.2) is 76.1 Å². The van der Waals surface area contributed by atoms with Crippen LogP contribution in [0.25, 0.3) is 0 Å². The molecule has 0 radical (unpaired) electrons. The quantitative estimate of drug-likeness (QED) is 0.399. The molecule has 9 heteroatoms. The number of halogens is 1. The van der Waals surface area contributed by atoms with E-state index in [1.807, 2.05) is 6.92 Å². The monoisotopic (exact) mass is 544 g/mol. The average molecular weight is 545 g/mol. The summed E-state index contributed by atoms with van der Waals surface area (Å²) in [6.45, 7) is 5.16. The fraction of sp³-hybridized carbons (Fsp3) is 0.200. The van der Waals surface area contributed by atoms with Crippen LogP contribution < -0.4 is 9.62 Å². The molecule has 0 heterocycles. The largest absolute Gasteiger partial charge is 0.462 e. The molecular weight excluding hydrogens is 520 g/mol. The molecule has 1 amide bonds. The van der Waals surface area contributed by atoms with E-state index in [-0.39, 0.29) is 11.5 Å². The normalized spacial score (nSPS) is 11.1. The highest BCUT2D eigenvalue weighted by atomic mass is 79.9. The maximum Gasteiger partial charge on any atom is 0.338 e. The minimum absolute atomic E-state index is 0.0868. The number of benzene rings is 3. The second-order valence-electron chi connectivity index (χ2n) is 7.60. The Morgan fingerprint density at radius 2 is 1.62 bits per heavy atom. The number of rotatable bonds is 8. The van der Waals surface area contributed by atoms with Gasteiger partial charge >= 0.3 is 5.97 Å². The summed E-state index contributed by atoms with van der Waals surface area (Å²) in [6.07, 6.45) is 0. The summed E-state index contributed by atoms with van der Waals surface area (Å²) in [5.41, 5.74) is 2.77. The van der Waals surface area contributed by atoms with E-state index in [4.69, 9.17) is 4.74 Å². The maximum atomic E-state index is 13.4. The Hall–Kier alpha value is -3.17. The number of nitrogens with one attached hydrogen (secondary N) is 1. The topological polar surface area (TPSA) is 92.8 Å². The van der Waals surface area contributed by atoms with Gasteiger partial charge in [-0.25, -0.2) is 13.2 Å². The first-order chi connectivity index (χ1) is 16.1. The molecule has 3 rings (SSSR count). The van der Waals surface area contributed by atoms with Gasteiger partial charge in [0.15, 0.2) is 0 Å². The molecule has 0 unspecified atom stereocenters. The van der Waals surface area contributed by atoms with Gasteiger partial charge in [0.2, 0.25) is 5.91 Å². The standard InChI is InChI=1S/C25H25BrN2O5S/c1-4-33-25(30)19-7-14-23(18(3)15-19)27-24(29)16-28(21-10-8-20(26)9-11-21)34(31,32)22-12-5-17(2)6-13-22/h5-15H,4,16H2,1-3H3,(H,27,29). The van der Waals surface area contributed by atoms with Gasteiger partial charge < -0.3 is 10.1 Å². The van der Waals surface area contributed by atoms with Crippen molar-refractivity contribution < 1.29 is 22.7 Å². The highest BCUT2D eigenvalue weighted by molar-refractivity contribution is 9.10. The van der Waals surface area contributed by atoms with E-state index in [9.17, 15) is 18.0 Å². The Labute approximate surface area is 207 Å². The second-order valence-corrected chi connectivity index (χ2v) is 10.4. The summed E-state index contributed by atoms with van der Waals surface area (Å²) < 4.78 is 33.7. The number of anilines is 2. The summed E-state index contributed by atoms with van der Waals surface area (Å²) in [5, 5.41) is 2.75. The molecule has 1 N–H and O–H groups in total. The fourth-order valence-corrected chi connectivity index (χ4v) is 4.91. The minimum Gasteiger partial charge on any atom is -0.462 e. The van der Waals surface area contributed by atoms with Crippen molar-refractivity contribution in [3.05, 3.63) is 87.9 Å². The molecule has 0 aliphatic heterocycles. The van der Waals surface area contributed by atoms with Gasteiger partial charge in [-0.3, -0.25) is 9.10 Å². The molecule has 0 aliphatic rings. The highest BCUT2D eigenvalue weighted by Crippen LogP contribution is 2.26. The van der Waals surface area contributed by atoms with Crippen LogP contribution in [0.5, 0.6) is 0 Å². The number of hydrogen-bond acceptors (Lipinski definition) is 5. The van der Waals surface area contributed by atoms with Crippen LogP contribution in [0.3, 0.4) is 0 Å². The molecule has 0 aliphatic carbocycles. The number of aryl methyl sites for hydroxylation is 2. The molecular formula is C25H25BrN2O5S. The van der Waals surface area contributed by atoms with Crippen LogP contribution in [0.1, 0.15) is 28.4 Å². The smallest absolute Gasteiger partial charge is 0.338 e. The van der Waals surface area contributed by atoms with Gasteiger partial charge in [0.25, 0.3) is 10.0 Å². The lowest BCUT2D eigenvalue weighted by Gasteiger charge is -2.24. The number of carbonyl (C=O) groups is 2. The Kier molecular flexibility index (Phi) is 8.11. The van der Waals surface area contributed by atoms with Gasteiger partial charge in [0.1, 0.15) is 6.54 Å². The zero-order chi connectivity index (χ0) is 24.9. The lowest BCUT2D eigenvalue weighted by atomic mass is 10.1. The van der Waals surface area contributed by atoms with Crippen LogP contribution >= 0.6 is 15.9 Å². The zero-order valence-electron chi connectivity index (χ0n) is 19.0. The van der Waals surface area contributed by atoms with Crippen molar-refractivity contribution in [2.45, 2.75) is 25.7 Å². The fourth-order valence-electron chi connectivity index (χ4n) is 3.23. The van der Waals surface area contributed by atoms with Gasteiger partial charge in [-0.1, -0.05) is 33.6 Å². The first-order valence-corrected chi connectivity index (χ1v) is 12.8. The number of sulfonamides is 1. The highest BCUT2D eigenvalue weighted by Gasteiger charge is 2.27. The molecule has 0 atom stereocenters. The average Bonchev–Trinajstić information content (AvgIpc) is 2.80. The lowest BCUT2D eigenvalue weighted by molar-refractivity contribution is -0.114. The molecule has 0 aromatic heterocycles. The Bertz CT molecular complexity index is 1290. The summed E-state index contributed by atoms with van der Waals surface area (Å²) in [6, 6.07) is 17.9. The first-order valence-electron chi connectivity index (χ1n) is 10.5. The molecule has 0 bridgehead atoms. The first kappa shape index (κ1) is 25.5. The third kappa shape index (κ3) is 6.03. The predicted octanol–water partition coefficient (Wildman–Crippen LogP) is 5.08. The van der Waals surface area contributed by atoms with Gasteiger partial charge in [0, 0.05) is 10.2 Å². The van der Waals surface area contributed by atoms with Crippen molar-refractivity contribution in [2.24, 2.45) is 0 Å². The summed E-state index contributed by atoms with van der Waals surface area (Å²) in [7, 11) is -4.01. The van der Waals surface area contributed by atoms with Crippen molar-refractivity contribution in [3.63, 3.8) is 0 Å². The number of ether oxygens (including phenoxy) is 1. The Morgan fingerprint density at radius 3 is 2.21 bits per heavy atom. The third-order valence-corrected chi connectivity index (χ3v) is 7.34. The Morgan fingerprint density at radius 1 is 0.971 bits per heavy atom. The molecule has 0 spiro atoms. The van der Waals surface area contributed by atoms with E-state index in [2.05, 4.69) is 21.2 Å². The van der Waals surface area contributed by atoms with Crippen LogP contribution in [-0.2, 0) is 19.6 Å². The molecule has 0 saturated heterocycles. The number of carbonyl (C=O) groups excluding carboxylic acids is 2. The number of nitrogens with zero attached hydrogens (tertiary/aromatic N) is 1. The Balaban J connectivity index is 1.88. The SMILES string of the molecule is CCOC(=O)c1ccc(NC(=O)CN(c2ccc(Br)cc2)S(=O)(=O)c2ccc(C)cc2)c(C)c1. The predicted molar refractivity (Wildman–Crippen MR) is 136 cm³/mol. The van der Waals surface area contributed by atoms with Gasteiger partial charge in [-0.05, 0) is 80.9 Å². The van der Waals surface area contributed by atoms with Crippen molar-refractivity contribution in [3.8, 4) is 0 Å². The van der Waals surface area contributed by atoms with Crippen LogP contribution in [0.4, 0.5) is 11.4 Å². The van der Waals surface area contributed by atoms with E-state index < -0.39 is 28.4 Å². The molecule has 178 valence electrons. The number of hydrogen-bond donors (Lipinski definition) is 1. The van der Waals surface area contributed by atoms with E-state index in [0.717, 1.165) is 14.3 Å². The summed E-state index contributed by atoms with van der Waals surface area (Å²) in [5.74, 6) is -0.973. The van der Waals surface area contributed by atoms with Crippen LogP contribution in [0, 0.1) is 13.8 Å². The van der Waals surface area contributed by atoms with E-state index >= 15 is 0 Å². The molecule has 3 aromatic carbocycles. The summed E-state index contributed by atoms with van der Waals surface area (Å²) in [4.78, 5) is 25.0. The number of amides is 1. The molecule has 0 fully saturated rings. The van der Waals surface area contributed by atoms with Crippen molar-refractivity contribution in [1.29, 1.82) is 0 Å². The van der Waals surface area contributed by atoms with Crippen LogP contribution in [0.2, 0.25) is 0 Å². The molecule has 34 heavy (non-hydrogen) atoms. The van der Waals surface area contributed by atoms with Crippen molar-refractivity contribution >= 4 is 49.2 Å². The van der Waals surface area contributed by atoms with E-state index in [1.165, 1.54) is 12.1 Å². The van der Waals surface area contributed by atoms with E-state index in [0.29, 0.717) is 22.5 Å². The lowest BCUT2D eigenvalue weighted by Crippen LogP contribution is -2.38. The van der Waals surface area contributed by atoms with Gasteiger partial charge in [0.05, 0.1) is 22.8 Å². The van der Waals surface area contributed by atoms with Crippen LogP contribution in [-0.4, -0.2) is 33.4 Å². The minimum atomic E-state index is -4.01. The van der Waals surface area contributed by atoms with Gasteiger partial charge in [-0.2, -0.15) is 0 Å². The number of esters is 1. The maximum absolute atomic E-state index is 13.4. The van der Waals surface area contributed by atoms with Crippen molar-refractivity contribution in [2.75, 3.05) is 22.8 Å². The molecule has 3 aromatic rings. The van der Waals surface area contributed by atoms with Gasteiger partial charge in [-0.15, -0.1) is 0 Å². The third-order valence-electron chi connectivity index (χ3n) is 5.02. The van der Waals surface area contributed by atoms with E-state index in [1.54, 1.807) is 68.4 Å². The van der Waals surface area contributed by atoms with Crippen molar-refractivity contribution in [1.82, 2.24) is 0 Å². The molecule has 7 nitrogen and oxygen atoms in total. The molecule has 0 saturated carbocycles.